The van der Waals surface area contributed by atoms with Crippen LogP contribution in [0.5, 0.6) is 0 Å². The Morgan fingerprint density at radius 2 is 1.48 bits per heavy atom. The van der Waals surface area contributed by atoms with E-state index in [2.05, 4.69) is 44.2 Å². The molecule has 1 fully saturated rings. The fourth-order valence-corrected chi connectivity index (χ4v) is 4.07. The number of aromatic nitrogens is 4. The molecule has 2 aromatic heterocycles. The quantitative estimate of drug-likeness (QED) is 0.704. The predicted molar refractivity (Wildman–Crippen MR) is 114 cm³/mol. The van der Waals surface area contributed by atoms with Crippen LogP contribution in [0, 0.1) is 0 Å². The average molecular weight is 393 g/mol. The Balaban J connectivity index is 0.00000117. The number of rotatable bonds is 4. The lowest BCUT2D eigenvalue weighted by atomic mass is 9.76. The molecule has 0 saturated heterocycles. The molecular formula is C23H28N4O2. The second-order valence-corrected chi connectivity index (χ2v) is 7.10. The minimum Gasteiger partial charge on any atom is -0.311 e. The van der Waals surface area contributed by atoms with Crippen LogP contribution < -0.4 is 11.2 Å². The zero-order valence-electron chi connectivity index (χ0n) is 17.0. The Hall–Kier alpha value is -3.02. The third-order valence-corrected chi connectivity index (χ3v) is 5.44. The van der Waals surface area contributed by atoms with Crippen molar-refractivity contribution in [2.45, 2.75) is 57.8 Å². The molecule has 0 radical (unpaired) electrons. The largest absolute Gasteiger partial charge is 0.325 e. The monoisotopic (exact) mass is 392 g/mol. The molecule has 0 spiro atoms. The Labute approximate surface area is 170 Å². The van der Waals surface area contributed by atoms with Gasteiger partial charge in [0.1, 0.15) is 5.82 Å². The fourth-order valence-electron chi connectivity index (χ4n) is 4.07. The van der Waals surface area contributed by atoms with Crippen LogP contribution >= 0.6 is 0 Å². The van der Waals surface area contributed by atoms with Gasteiger partial charge in [-0.15, -0.1) is 0 Å². The summed E-state index contributed by atoms with van der Waals surface area (Å²) in [7, 11) is 0. The molecule has 0 bridgehead atoms. The van der Waals surface area contributed by atoms with E-state index in [4.69, 9.17) is 0 Å². The second kappa shape index (κ2) is 9.96. The molecule has 6 heteroatoms. The molecule has 1 aromatic carbocycles. The lowest BCUT2D eigenvalue weighted by Crippen LogP contribution is -2.30. The highest BCUT2D eigenvalue weighted by Crippen LogP contribution is 2.40. The number of benzene rings is 1. The third-order valence-electron chi connectivity index (χ3n) is 5.44. The van der Waals surface area contributed by atoms with E-state index in [1.807, 2.05) is 19.9 Å². The standard InChI is InChI=1S/C21H22N4O2.C2H6/c26-20-17(13-18-22-11-4-12-23-18)19(24-21(27)25-20)16-9-7-15(8-10-16)14-5-2-1-3-6-14;1-2/h1-6,11-12,15-16H,7-10,13H2,(H2,24,25,26,27);1-2H3. The lowest BCUT2D eigenvalue weighted by molar-refractivity contribution is 0.388. The van der Waals surface area contributed by atoms with Crippen LogP contribution in [0.1, 0.15) is 74.0 Å². The van der Waals surface area contributed by atoms with E-state index in [0.29, 0.717) is 23.7 Å². The van der Waals surface area contributed by atoms with Crippen LogP contribution in [-0.4, -0.2) is 19.9 Å². The first-order valence-corrected chi connectivity index (χ1v) is 10.4. The molecule has 0 atom stereocenters. The van der Waals surface area contributed by atoms with Crippen LogP contribution in [0.15, 0.2) is 58.4 Å². The first-order valence-electron chi connectivity index (χ1n) is 10.4. The highest BCUT2D eigenvalue weighted by molar-refractivity contribution is 5.26. The summed E-state index contributed by atoms with van der Waals surface area (Å²) in [5.41, 5.74) is 1.91. The molecule has 0 unspecified atom stereocenters. The van der Waals surface area contributed by atoms with Gasteiger partial charge in [-0.25, -0.2) is 14.8 Å². The number of hydrogen-bond acceptors (Lipinski definition) is 4. The highest BCUT2D eigenvalue weighted by Gasteiger charge is 2.27. The molecule has 1 aliphatic carbocycles. The molecule has 152 valence electrons. The molecule has 2 N–H and O–H groups in total. The first-order chi connectivity index (χ1) is 14.2. The second-order valence-electron chi connectivity index (χ2n) is 7.10. The molecule has 3 aromatic rings. The van der Waals surface area contributed by atoms with Crippen molar-refractivity contribution >= 4 is 0 Å². The SMILES string of the molecule is CC.O=c1[nH]c(C2CCC(c3ccccc3)CC2)c(Cc2ncccn2)c(=O)[nH]1. The summed E-state index contributed by atoms with van der Waals surface area (Å²) in [5, 5.41) is 0. The highest BCUT2D eigenvalue weighted by atomic mass is 16.2. The molecule has 2 heterocycles. The van der Waals surface area contributed by atoms with Crippen molar-refractivity contribution < 1.29 is 0 Å². The van der Waals surface area contributed by atoms with E-state index in [1.165, 1.54) is 5.56 Å². The van der Waals surface area contributed by atoms with Gasteiger partial charge < -0.3 is 4.98 Å². The van der Waals surface area contributed by atoms with E-state index in [-0.39, 0.29) is 11.5 Å². The van der Waals surface area contributed by atoms with Gasteiger partial charge >= 0.3 is 5.69 Å². The van der Waals surface area contributed by atoms with Crippen molar-refractivity contribution in [3.8, 4) is 0 Å². The van der Waals surface area contributed by atoms with E-state index < -0.39 is 5.69 Å². The van der Waals surface area contributed by atoms with Gasteiger partial charge in [0, 0.05) is 30.1 Å². The number of H-pyrrole nitrogens is 2. The van der Waals surface area contributed by atoms with Gasteiger partial charge in [-0.3, -0.25) is 9.78 Å². The van der Waals surface area contributed by atoms with Crippen LogP contribution in [0.4, 0.5) is 0 Å². The van der Waals surface area contributed by atoms with Gasteiger partial charge in [0.2, 0.25) is 0 Å². The number of aromatic amines is 2. The maximum Gasteiger partial charge on any atom is 0.325 e. The summed E-state index contributed by atoms with van der Waals surface area (Å²) in [5.74, 6) is 1.30. The van der Waals surface area contributed by atoms with Crippen LogP contribution in [0.25, 0.3) is 0 Å². The van der Waals surface area contributed by atoms with Crippen molar-refractivity contribution in [1.29, 1.82) is 0 Å². The fraction of sp³-hybridized carbons (Fsp3) is 0.391. The number of hydrogen-bond donors (Lipinski definition) is 2. The Bertz CT molecular complexity index is 1000. The summed E-state index contributed by atoms with van der Waals surface area (Å²) in [6.45, 7) is 4.00. The Morgan fingerprint density at radius 1 is 0.862 bits per heavy atom. The van der Waals surface area contributed by atoms with Crippen molar-refractivity contribution in [1.82, 2.24) is 19.9 Å². The van der Waals surface area contributed by atoms with E-state index in [0.717, 1.165) is 31.4 Å². The average Bonchev–Trinajstić information content (AvgIpc) is 2.78. The van der Waals surface area contributed by atoms with Crippen molar-refractivity contribution in [2.75, 3.05) is 0 Å². The van der Waals surface area contributed by atoms with Crippen molar-refractivity contribution in [3.63, 3.8) is 0 Å². The Kier molecular flexibility index (Phi) is 7.11. The van der Waals surface area contributed by atoms with Crippen LogP contribution in [0.3, 0.4) is 0 Å². The van der Waals surface area contributed by atoms with Crippen LogP contribution in [-0.2, 0) is 6.42 Å². The smallest absolute Gasteiger partial charge is 0.311 e. The number of nitrogens with zero attached hydrogens (tertiary/aromatic N) is 2. The molecule has 1 saturated carbocycles. The van der Waals surface area contributed by atoms with Crippen molar-refractivity contribution in [3.05, 3.63) is 92.3 Å². The summed E-state index contributed by atoms with van der Waals surface area (Å²) < 4.78 is 0. The normalized spacial score (nSPS) is 18.6. The molecule has 0 amide bonds. The van der Waals surface area contributed by atoms with Gasteiger partial charge in [-0.2, -0.15) is 0 Å². The van der Waals surface area contributed by atoms with Gasteiger partial charge in [0.05, 0.1) is 0 Å². The summed E-state index contributed by atoms with van der Waals surface area (Å²) in [6.07, 6.45) is 7.62. The molecule has 4 rings (SSSR count). The van der Waals surface area contributed by atoms with Crippen LogP contribution in [0.2, 0.25) is 0 Å². The third kappa shape index (κ3) is 5.08. The molecule has 6 nitrogen and oxygen atoms in total. The summed E-state index contributed by atoms with van der Waals surface area (Å²) >= 11 is 0. The van der Waals surface area contributed by atoms with Gasteiger partial charge in [-0.1, -0.05) is 44.2 Å². The molecule has 1 aliphatic rings. The summed E-state index contributed by atoms with van der Waals surface area (Å²) in [4.78, 5) is 38.0. The zero-order valence-corrected chi connectivity index (χ0v) is 17.0. The van der Waals surface area contributed by atoms with Gasteiger partial charge in [0.25, 0.3) is 5.56 Å². The molecule has 29 heavy (non-hydrogen) atoms. The molecule has 0 aliphatic heterocycles. The topological polar surface area (TPSA) is 91.5 Å². The van der Waals surface area contributed by atoms with E-state index >= 15 is 0 Å². The molecular weight excluding hydrogens is 364 g/mol. The van der Waals surface area contributed by atoms with Gasteiger partial charge in [0.15, 0.2) is 0 Å². The minimum atomic E-state index is -0.446. The first kappa shape index (κ1) is 20.7. The minimum absolute atomic E-state index is 0.179. The lowest BCUT2D eigenvalue weighted by Gasteiger charge is -2.29. The predicted octanol–water partition coefficient (Wildman–Crippen LogP) is 3.91. The maximum atomic E-state index is 12.5. The maximum absolute atomic E-state index is 12.5. The Morgan fingerprint density at radius 3 is 2.14 bits per heavy atom. The zero-order chi connectivity index (χ0) is 20.6. The van der Waals surface area contributed by atoms with Crippen molar-refractivity contribution in [2.24, 2.45) is 0 Å². The van der Waals surface area contributed by atoms with E-state index in [9.17, 15) is 9.59 Å². The van der Waals surface area contributed by atoms with Gasteiger partial charge in [-0.05, 0) is 49.1 Å². The summed E-state index contributed by atoms with van der Waals surface area (Å²) in [6, 6.07) is 12.3. The number of nitrogens with one attached hydrogen (secondary N) is 2. The van der Waals surface area contributed by atoms with E-state index in [1.54, 1.807) is 18.5 Å².